The lowest BCUT2D eigenvalue weighted by atomic mass is 10.0. The van der Waals surface area contributed by atoms with Gasteiger partial charge in [-0.1, -0.05) is 32.4 Å². The summed E-state index contributed by atoms with van der Waals surface area (Å²) < 4.78 is 5.81. The Hall–Kier alpha value is -0.340. The van der Waals surface area contributed by atoms with E-state index in [1.807, 2.05) is 0 Å². The van der Waals surface area contributed by atoms with E-state index in [1.165, 1.54) is 25.8 Å². The molecule has 0 amide bonds. The topological polar surface area (TPSA) is 12.5 Å². The third kappa shape index (κ3) is 6.01. The van der Waals surface area contributed by atoms with Crippen LogP contribution < -0.4 is 0 Å². The standard InChI is InChI=1S/C16H31NO/c1-14(2)9-6-8-12-18-13-16-10-5-7-11-17(16)15(3)4/h6,8,14-16H,5,7,9-13H2,1-4H3/b8-6+. The molecule has 1 rings (SSSR count). The summed E-state index contributed by atoms with van der Waals surface area (Å²) in [6, 6.07) is 1.28. The lowest BCUT2D eigenvalue weighted by Gasteiger charge is -2.38. The highest BCUT2D eigenvalue weighted by molar-refractivity contribution is 4.83. The third-order valence-corrected chi connectivity index (χ3v) is 3.63. The van der Waals surface area contributed by atoms with Crippen molar-refractivity contribution in [1.29, 1.82) is 0 Å². The van der Waals surface area contributed by atoms with Gasteiger partial charge in [-0.15, -0.1) is 0 Å². The molecule has 106 valence electrons. The van der Waals surface area contributed by atoms with Crippen LogP contribution in [0.25, 0.3) is 0 Å². The van der Waals surface area contributed by atoms with E-state index in [1.54, 1.807) is 0 Å². The first-order valence-corrected chi connectivity index (χ1v) is 7.59. The number of hydrogen-bond donors (Lipinski definition) is 0. The summed E-state index contributed by atoms with van der Waals surface area (Å²) in [7, 11) is 0. The first kappa shape index (κ1) is 15.7. The maximum absolute atomic E-state index is 5.81. The quantitative estimate of drug-likeness (QED) is 0.504. The Morgan fingerprint density at radius 1 is 1.17 bits per heavy atom. The zero-order valence-electron chi connectivity index (χ0n) is 12.7. The van der Waals surface area contributed by atoms with E-state index < -0.39 is 0 Å². The Balaban J connectivity index is 2.18. The van der Waals surface area contributed by atoms with Gasteiger partial charge in [0.05, 0.1) is 13.2 Å². The van der Waals surface area contributed by atoms with Crippen molar-refractivity contribution in [2.75, 3.05) is 19.8 Å². The Bertz CT molecular complexity index is 235. The van der Waals surface area contributed by atoms with E-state index in [0.717, 1.165) is 25.6 Å². The number of allylic oxidation sites excluding steroid dienone is 1. The molecule has 18 heavy (non-hydrogen) atoms. The molecule has 1 heterocycles. The monoisotopic (exact) mass is 253 g/mol. The summed E-state index contributed by atoms with van der Waals surface area (Å²) in [6.07, 6.45) is 9.58. The number of rotatable bonds is 7. The molecule has 1 unspecified atom stereocenters. The lowest BCUT2D eigenvalue weighted by Crippen LogP contribution is -2.46. The van der Waals surface area contributed by atoms with Gasteiger partial charge in [0, 0.05) is 12.1 Å². The molecule has 1 aliphatic rings. The van der Waals surface area contributed by atoms with Gasteiger partial charge in [0.25, 0.3) is 0 Å². The fraction of sp³-hybridized carbons (Fsp3) is 0.875. The number of piperidine rings is 1. The van der Waals surface area contributed by atoms with Crippen LogP contribution in [0.1, 0.15) is 53.4 Å². The lowest BCUT2D eigenvalue weighted by molar-refractivity contribution is 0.0342. The molecular formula is C16H31NO. The first-order valence-electron chi connectivity index (χ1n) is 7.59. The number of likely N-dealkylation sites (tertiary alicyclic amines) is 1. The van der Waals surface area contributed by atoms with Gasteiger partial charge in [-0.05, 0) is 45.6 Å². The summed E-state index contributed by atoms with van der Waals surface area (Å²) in [6.45, 7) is 12.0. The summed E-state index contributed by atoms with van der Waals surface area (Å²) >= 11 is 0. The highest BCUT2D eigenvalue weighted by Crippen LogP contribution is 2.19. The van der Waals surface area contributed by atoms with Crippen LogP contribution in [-0.2, 0) is 4.74 Å². The SMILES string of the molecule is CC(C)C/C=C/COCC1CCCCN1C(C)C. The van der Waals surface area contributed by atoms with Gasteiger partial charge in [-0.25, -0.2) is 0 Å². The van der Waals surface area contributed by atoms with Crippen LogP contribution in [0.5, 0.6) is 0 Å². The van der Waals surface area contributed by atoms with Crippen LogP contribution in [0.4, 0.5) is 0 Å². The molecule has 0 spiro atoms. The highest BCUT2D eigenvalue weighted by Gasteiger charge is 2.24. The van der Waals surface area contributed by atoms with Gasteiger partial charge in [0.1, 0.15) is 0 Å². The molecular weight excluding hydrogens is 222 g/mol. The Morgan fingerprint density at radius 2 is 1.94 bits per heavy atom. The van der Waals surface area contributed by atoms with E-state index in [0.29, 0.717) is 12.1 Å². The predicted molar refractivity (Wildman–Crippen MR) is 78.9 cm³/mol. The van der Waals surface area contributed by atoms with Crippen LogP contribution in [0.15, 0.2) is 12.2 Å². The van der Waals surface area contributed by atoms with Crippen molar-refractivity contribution in [3.05, 3.63) is 12.2 Å². The Labute approximate surface area is 113 Å². The van der Waals surface area contributed by atoms with Gasteiger partial charge >= 0.3 is 0 Å². The molecule has 0 bridgehead atoms. The number of hydrogen-bond acceptors (Lipinski definition) is 2. The molecule has 1 saturated heterocycles. The second-order valence-electron chi connectivity index (χ2n) is 6.12. The van der Waals surface area contributed by atoms with Crippen LogP contribution in [-0.4, -0.2) is 36.7 Å². The number of nitrogens with zero attached hydrogens (tertiary/aromatic N) is 1. The van der Waals surface area contributed by atoms with Gasteiger partial charge in [0.15, 0.2) is 0 Å². The maximum atomic E-state index is 5.81. The molecule has 0 N–H and O–H groups in total. The average Bonchev–Trinajstić information content (AvgIpc) is 2.33. The second kappa shape index (κ2) is 8.71. The molecule has 0 saturated carbocycles. The molecule has 0 aromatic rings. The Morgan fingerprint density at radius 3 is 2.61 bits per heavy atom. The zero-order chi connectivity index (χ0) is 13.4. The normalized spacial score (nSPS) is 22.4. The summed E-state index contributed by atoms with van der Waals surface area (Å²) in [5, 5.41) is 0. The predicted octanol–water partition coefficient (Wildman–Crippen LogP) is 3.87. The van der Waals surface area contributed by atoms with Crippen molar-refractivity contribution in [2.45, 2.75) is 65.5 Å². The maximum Gasteiger partial charge on any atom is 0.0648 e. The van der Waals surface area contributed by atoms with Crippen LogP contribution >= 0.6 is 0 Å². The molecule has 0 aliphatic carbocycles. The molecule has 2 heteroatoms. The van der Waals surface area contributed by atoms with Crippen molar-refractivity contribution in [1.82, 2.24) is 4.90 Å². The van der Waals surface area contributed by atoms with E-state index in [2.05, 4.69) is 44.7 Å². The van der Waals surface area contributed by atoms with Gasteiger partial charge < -0.3 is 4.74 Å². The summed E-state index contributed by atoms with van der Waals surface area (Å²) in [5.74, 6) is 0.746. The third-order valence-electron chi connectivity index (χ3n) is 3.63. The molecule has 1 atom stereocenters. The minimum atomic E-state index is 0.636. The summed E-state index contributed by atoms with van der Waals surface area (Å²) in [4.78, 5) is 2.60. The molecule has 1 fully saturated rings. The molecule has 0 aromatic heterocycles. The fourth-order valence-corrected chi connectivity index (χ4v) is 2.59. The van der Waals surface area contributed by atoms with Crippen molar-refractivity contribution in [3.8, 4) is 0 Å². The van der Waals surface area contributed by atoms with Crippen molar-refractivity contribution >= 4 is 0 Å². The van der Waals surface area contributed by atoms with Crippen LogP contribution in [0, 0.1) is 5.92 Å². The van der Waals surface area contributed by atoms with Crippen LogP contribution in [0.2, 0.25) is 0 Å². The largest absolute Gasteiger partial charge is 0.376 e. The Kier molecular flexibility index (Phi) is 7.60. The van der Waals surface area contributed by atoms with E-state index in [4.69, 9.17) is 4.74 Å². The van der Waals surface area contributed by atoms with Gasteiger partial charge in [-0.2, -0.15) is 0 Å². The zero-order valence-corrected chi connectivity index (χ0v) is 12.7. The minimum absolute atomic E-state index is 0.636. The molecule has 0 aromatic carbocycles. The second-order valence-corrected chi connectivity index (χ2v) is 6.12. The van der Waals surface area contributed by atoms with Crippen molar-refractivity contribution in [2.24, 2.45) is 5.92 Å². The fourth-order valence-electron chi connectivity index (χ4n) is 2.59. The summed E-state index contributed by atoms with van der Waals surface area (Å²) in [5.41, 5.74) is 0. The van der Waals surface area contributed by atoms with E-state index in [-0.39, 0.29) is 0 Å². The first-order chi connectivity index (χ1) is 8.61. The van der Waals surface area contributed by atoms with Gasteiger partial charge in [-0.3, -0.25) is 4.90 Å². The average molecular weight is 253 g/mol. The number of ether oxygens (including phenoxy) is 1. The molecule has 0 radical (unpaired) electrons. The van der Waals surface area contributed by atoms with E-state index >= 15 is 0 Å². The van der Waals surface area contributed by atoms with Crippen LogP contribution in [0.3, 0.4) is 0 Å². The van der Waals surface area contributed by atoms with Crippen molar-refractivity contribution in [3.63, 3.8) is 0 Å². The minimum Gasteiger partial charge on any atom is -0.376 e. The van der Waals surface area contributed by atoms with E-state index in [9.17, 15) is 0 Å². The molecule has 1 aliphatic heterocycles. The highest BCUT2D eigenvalue weighted by atomic mass is 16.5. The van der Waals surface area contributed by atoms with Crippen molar-refractivity contribution < 1.29 is 4.74 Å². The smallest absolute Gasteiger partial charge is 0.0648 e. The molecule has 2 nitrogen and oxygen atoms in total. The van der Waals surface area contributed by atoms with Gasteiger partial charge in [0.2, 0.25) is 0 Å².